The van der Waals surface area contributed by atoms with E-state index in [-0.39, 0.29) is 5.78 Å². The molecule has 1 heterocycles. The number of Topliss-reactive ketones (excluding diaryl/α,β-unsaturated/α-hetero) is 1. The molecule has 1 saturated heterocycles. The maximum Gasteiger partial charge on any atom is 0.200 e. The Balaban J connectivity index is 2.02. The summed E-state index contributed by atoms with van der Waals surface area (Å²) in [5.41, 5.74) is 1.50. The lowest BCUT2D eigenvalue weighted by molar-refractivity contribution is -0.113. The van der Waals surface area contributed by atoms with Crippen molar-refractivity contribution in [1.29, 1.82) is 0 Å². The number of phenols is 6. The molecule has 0 saturated carbocycles. The molecule has 3 rings (SSSR count). The van der Waals surface area contributed by atoms with Crippen LogP contribution in [0.15, 0.2) is 35.4 Å². The first-order chi connectivity index (χ1) is 13.7. The van der Waals surface area contributed by atoms with Crippen molar-refractivity contribution in [1.82, 2.24) is 4.90 Å². The van der Waals surface area contributed by atoms with Crippen LogP contribution in [0.5, 0.6) is 34.5 Å². The molecular formula is C21H21NO7. The maximum absolute atomic E-state index is 13.0. The number of piperidine rings is 1. The molecule has 0 bridgehead atoms. The molecule has 6 N–H and O–H groups in total. The van der Waals surface area contributed by atoms with E-state index in [1.54, 1.807) is 0 Å². The van der Waals surface area contributed by atoms with Crippen LogP contribution in [-0.2, 0) is 4.79 Å². The lowest BCUT2D eigenvalue weighted by atomic mass is 9.94. The molecule has 2 aromatic carbocycles. The molecule has 0 aromatic heterocycles. The molecular weight excluding hydrogens is 378 g/mol. The zero-order valence-corrected chi connectivity index (χ0v) is 15.6. The third-order valence-corrected chi connectivity index (χ3v) is 4.68. The van der Waals surface area contributed by atoms with E-state index >= 15 is 0 Å². The van der Waals surface area contributed by atoms with Gasteiger partial charge in [-0.25, -0.2) is 0 Å². The number of carbonyl (C=O) groups is 1. The van der Waals surface area contributed by atoms with Crippen molar-refractivity contribution in [2.24, 2.45) is 0 Å². The summed E-state index contributed by atoms with van der Waals surface area (Å²) in [5.74, 6) is -3.54. The summed E-state index contributed by atoms with van der Waals surface area (Å²) in [4.78, 5) is 14.9. The Morgan fingerprint density at radius 1 is 0.759 bits per heavy atom. The molecule has 0 amide bonds. The van der Waals surface area contributed by atoms with Gasteiger partial charge in [0.15, 0.2) is 40.3 Å². The van der Waals surface area contributed by atoms with E-state index in [0.717, 1.165) is 0 Å². The number of phenolic OH excluding ortho intramolecular Hbond substituents is 6. The van der Waals surface area contributed by atoms with Gasteiger partial charge in [-0.05, 0) is 54.1 Å². The fraction of sp³-hybridized carbons (Fsp3) is 0.190. The fourth-order valence-corrected chi connectivity index (χ4v) is 3.15. The molecule has 1 fully saturated rings. The van der Waals surface area contributed by atoms with Gasteiger partial charge in [-0.3, -0.25) is 9.69 Å². The van der Waals surface area contributed by atoms with Crippen LogP contribution in [0, 0.1) is 0 Å². The Bertz CT molecular complexity index is 914. The van der Waals surface area contributed by atoms with Crippen LogP contribution < -0.4 is 0 Å². The summed E-state index contributed by atoms with van der Waals surface area (Å²) in [6.45, 7) is 3.28. The van der Waals surface area contributed by atoms with Gasteiger partial charge in [-0.15, -0.1) is 0 Å². The van der Waals surface area contributed by atoms with Crippen molar-refractivity contribution in [3.8, 4) is 34.5 Å². The minimum absolute atomic E-state index is 0.270. The number of benzene rings is 2. The van der Waals surface area contributed by atoms with Crippen LogP contribution >= 0.6 is 0 Å². The van der Waals surface area contributed by atoms with Crippen LogP contribution in [0.3, 0.4) is 0 Å². The van der Waals surface area contributed by atoms with E-state index in [2.05, 4.69) is 0 Å². The molecule has 1 aliphatic rings. The van der Waals surface area contributed by atoms with Crippen LogP contribution in [0.1, 0.15) is 18.1 Å². The Kier molecular flexibility index (Phi) is 5.38. The second-order valence-corrected chi connectivity index (χ2v) is 6.79. The lowest BCUT2D eigenvalue weighted by Gasteiger charge is -2.28. The Hall–Kier alpha value is -3.65. The predicted molar refractivity (Wildman–Crippen MR) is 106 cm³/mol. The van der Waals surface area contributed by atoms with Crippen molar-refractivity contribution in [2.75, 3.05) is 19.6 Å². The molecule has 0 aliphatic carbocycles. The number of hydrogen-bond acceptors (Lipinski definition) is 8. The van der Waals surface area contributed by atoms with Gasteiger partial charge in [0.1, 0.15) is 0 Å². The number of nitrogens with zero attached hydrogens (tertiary/aromatic N) is 1. The molecule has 1 aliphatic heterocycles. The average molecular weight is 399 g/mol. The topological polar surface area (TPSA) is 142 Å². The lowest BCUT2D eigenvalue weighted by Crippen LogP contribution is -2.37. The van der Waals surface area contributed by atoms with Gasteiger partial charge in [-0.1, -0.05) is 6.92 Å². The van der Waals surface area contributed by atoms with Gasteiger partial charge in [0.25, 0.3) is 0 Å². The van der Waals surface area contributed by atoms with E-state index < -0.39 is 34.5 Å². The van der Waals surface area contributed by atoms with Crippen LogP contribution in [0.25, 0.3) is 12.2 Å². The van der Waals surface area contributed by atoms with Crippen molar-refractivity contribution in [3.05, 3.63) is 46.5 Å². The highest BCUT2D eigenvalue weighted by Gasteiger charge is 2.25. The number of carbonyl (C=O) groups excluding carboxylic acids is 1. The Labute approximate surface area is 166 Å². The number of rotatable bonds is 3. The SMILES string of the molecule is CCN1C/C(=C\c2cc(O)c(O)c(O)c2)C(=O)/C(=C/c2cc(O)c(O)c(O)c2)C1. The number of likely N-dealkylation sites (N-methyl/N-ethyl adjacent to an activating group) is 1. The van der Waals surface area contributed by atoms with Gasteiger partial charge in [-0.2, -0.15) is 0 Å². The highest BCUT2D eigenvalue weighted by molar-refractivity contribution is 6.14. The fourth-order valence-electron chi connectivity index (χ4n) is 3.15. The normalized spacial score (nSPS) is 17.9. The van der Waals surface area contributed by atoms with Gasteiger partial charge in [0.05, 0.1) is 0 Å². The van der Waals surface area contributed by atoms with Crippen molar-refractivity contribution < 1.29 is 35.4 Å². The quantitative estimate of drug-likeness (QED) is 0.341. The second-order valence-electron chi connectivity index (χ2n) is 6.79. The first-order valence-electron chi connectivity index (χ1n) is 8.87. The Morgan fingerprint density at radius 3 is 1.41 bits per heavy atom. The summed E-state index contributed by atoms with van der Waals surface area (Å²) in [6.07, 6.45) is 3.03. The first-order valence-corrected chi connectivity index (χ1v) is 8.87. The monoisotopic (exact) mass is 399 g/mol. The minimum atomic E-state index is -0.634. The van der Waals surface area contributed by atoms with Crippen molar-refractivity contribution in [2.45, 2.75) is 6.92 Å². The van der Waals surface area contributed by atoms with Crippen molar-refractivity contribution >= 4 is 17.9 Å². The van der Waals surface area contributed by atoms with Crippen LogP contribution in [-0.4, -0.2) is 61.0 Å². The first kappa shape index (κ1) is 20.1. The third kappa shape index (κ3) is 4.12. The third-order valence-electron chi connectivity index (χ3n) is 4.68. The minimum Gasteiger partial charge on any atom is -0.504 e. The van der Waals surface area contributed by atoms with E-state index in [9.17, 15) is 35.4 Å². The van der Waals surface area contributed by atoms with E-state index in [1.807, 2.05) is 11.8 Å². The van der Waals surface area contributed by atoms with Crippen molar-refractivity contribution in [3.63, 3.8) is 0 Å². The molecule has 0 unspecified atom stereocenters. The maximum atomic E-state index is 13.0. The van der Waals surface area contributed by atoms with Gasteiger partial charge >= 0.3 is 0 Å². The zero-order valence-electron chi connectivity index (χ0n) is 15.6. The molecule has 152 valence electrons. The average Bonchev–Trinajstić information content (AvgIpc) is 2.67. The molecule has 29 heavy (non-hydrogen) atoms. The van der Waals surface area contributed by atoms with Gasteiger partial charge < -0.3 is 30.6 Å². The molecule has 8 nitrogen and oxygen atoms in total. The summed E-state index contributed by atoms with van der Waals surface area (Å²) in [5, 5.41) is 57.7. The molecule has 0 atom stereocenters. The summed E-state index contributed by atoms with van der Waals surface area (Å²) in [6, 6.07) is 4.94. The zero-order chi connectivity index (χ0) is 21.3. The van der Waals surface area contributed by atoms with E-state index in [4.69, 9.17) is 0 Å². The summed E-state index contributed by atoms with van der Waals surface area (Å²) >= 11 is 0. The second kappa shape index (κ2) is 7.76. The highest BCUT2D eigenvalue weighted by atomic mass is 16.3. The van der Waals surface area contributed by atoms with Gasteiger partial charge in [0.2, 0.25) is 0 Å². The molecule has 0 spiro atoms. The van der Waals surface area contributed by atoms with Crippen LogP contribution in [0.2, 0.25) is 0 Å². The summed E-state index contributed by atoms with van der Waals surface area (Å²) < 4.78 is 0. The standard InChI is InChI=1S/C21H21NO7/c1-2-22-9-13(3-11-5-15(23)20(28)16(24)6-11)19(27)14(10-22)4-12-7-17(25)21(29)18(26)8-12/h3-8,23-26,28-29H,2,9-10H2,1H3/b13-3+,14-4+. The molecule has 0 radical (unpaired) electrons. The summed E-state index contributed by atoms with van der Waals surface area (Å²) in [7, 11) is 0. The number of aromatic hydroxyl groups is 6. The smallest absolute Gasteiger partial charge is 0.200 e. The molecule has 2 aromatic rings. The highest BCUT2D eigenvalue weighted by Crippen LogP contribution is 2.37. The van der Waals surface area contributed by atoms with Gasteiger partial charge in [0, 0.05) is 24.2 Å². The predicted octanol–water partition coefficient (Wildman–Crippen LogP) is 2.29. The number of ketones is 1. The van der Waals surface area contributed by atoms with E-state index in [0.29, 0.717) is 41.9 Å². The largest absolute Gasteiger partial charge is 0.504 e. The Morgan fingerprint density at radius 2 is 1.10 bits per heavy atom. The van der Waals surface area contributed by atoms with E-state index in [1.165, 1.54) is 36.4 Å². The number of hydrogen-bond donors (Lipinski definition) is 6. The van der Waals surface area contributed by atoms with Crippen LogP contribution in [0.4, 0.5) is 0 Å². The molecule has 8 heteroatoms. The number of likely N-dealkylation sites (tertiary alicyclic amines) is 1.